The summed E-state index contributed by atoms with van der Waals surface area (Å²) in [5.74, 6) is -0.804. The first-order chi connectivity index (χ1) is 14.3. The van der Waals surface area contributed by atoms with Crippen molar-refractivity contribution in [3.63, 3.8) is 0 Å². The molecule has 2 aliphatic heterocycles. The number of carbonyl (C=O) groups excluding carboxylic acids is 2. The van der Waals surface area contributed by atoms with Crippen LogP contribution in [-0.4, -0.2) is 65.2 Å². The quantitative estimate of drug-likeness (QED) is 0.570. The minimum atomic E-state index is -0.833. The summed E-state index contributed by atoms with van der Waals surface area (Å²) in [6.07, 6.45) is 3.81. The molecule has 8 nitrogen and oxygen atoms in total. The van der Waals surface area contributed by atoms with Gasteiger partial charge in [0.05, 0.1) is 11.6 Å². The summed E-state index contributed by atoms with van der Waals surface area (Å²) in [6, 6.07) is 9.68. The van der Waals surface area contributed by atoms with E-state index in [0.717, 1.165) is 44.8 Å². The van der Waals surface area contributed by atoms with Crippen LogP contribution < -0.4 is 10.6 Å². The summed E-state index contributed by atoms with van der Waals surface area (Å²) in [4.78, 5) is 35.6. The van der Waals surface area contributed by atoms with E-state index in [0.29, 0.717) is 25.9 Å². The molecule has 8 heteroatoms. The van der Waals surface area contributed by atoms with Gasteiger partial charge in [0.2, 0.25) is 11.8 Å². The van der Waals surface area contributed by atoms with Gasteiger partial charge in [-0.25, -0.2) is 0 Å². The molecular weight excluding hydrogens is 386 g/mol. The van der Waals surface area contributed by atoms with Crippen molar-refractivity contribution < 1.29 is 24.6 Å². The van der Waals surface area contributed by atoms with Crippen LogP contribution in [-0.2, 0) is 19.9 Å². The number of amides is 2. The SMILES string of the molecule is CC(=O)O.O=C(CCN1CCCCCC1=O)N[C@@]1(c2ccccc2)CCNC[C@H]1O. The molecule has 2 atom stereocenters. The van der Waals surface area contributed by atoms with Crippen molar-refractivity contribution in [1.29, 1.82) is 0 Å². The number of aliphatic hydroxyl groups excluding tert-OH is 1. The van der Waals surface area contributed by atoms with Gasteiger partial charge in [-0.3, -0.25) is 14.4 Å². The highest BCUT2D eigenvalue weighted by Crippen LogP contribution is 2.31. The van der Waals surface area contributed by atoms with Crippen LogP contribution in [0.25, 0.3) is 0 Å². The van der Waals surface area contributed by atoms with E-state index in [-0.39, 0.29) is 18.2 Å². The van der Waals surface area contributed by atoms with Gasteiger partial charge in [-0.05, 0) is 31.4 Å². The number of aliphatic hydroxyl groups is 1. The lowest BCUT2D eigenvalue weighted by atomic mass is 9.79. The second-order valence-electron chi connectivity index (χ2n) is 7.82. The summed E-state index contributed by atoms with van der Waals surface area (Å²) in [6.45, 7) is 3.45. The maximum atomic E-state index is 12.7. The van der Waals surface area contributed by atoms with Gasteiger partial charge in [0.25, 0.3) is 5.97 Å². The van der Waals surface area contributed by atoms with E-state index in [1.165, 1.54) is 0 Å². The van der Waals surface area contributed by atoms with Crippen molar-refractivity contribution in [2.24, 2.45) is 0 Å². The second kappa shape index (κ2) is 11.7. The summed E-state index contributed by atoms with van der Waals surface area (Å²) in [7, 11) is 0. The van der Waals surface area contributed by atoms with Crippen molar-refractivity contribution in [3.8, 4) is 0 Å². The average Bonchev–Trinajstić information content (AvgIpc) is 2.92. The summed E-state index contributed by atoms with van der Waals surface area (Å²) >= 11 is 0. The Morgan fingerprint density at radius 3 is 2.60 bits per heavy atom. The Labute approximate surface area is 177 Å². The predicted octanol–water partition coefficient (Wildman–Crippen LogP) is 1.24. The minimum Gasteiger partial charge on any atom is -0.481 e. The van der Waals surface area contributed by atoms with Crippen LogP contribution in [0.3, 0.4) is 0 Å². The third-order valence-electron chi connectivity index (χ3n) is 5.53. The number of nitrogens with zero attached hydrogens (tertiary/aromatic N) is 1. The lowest BCUT2D eigenvalue weighted by Gasteiger charge is -2.43. The topological polar surface area (TPSA) is 119 Å². The van der Waals surface area contributed by atoms with E-state index in [1.807, 2.05) is 30.3 Å². The molecule has 2 amide bonds. The zero-order valence-electron chi connectivity index (χ0n) is 17.6. The van der Waals surface area contributed by atoms with Gasteiger partial charge < -0.3 is 25.7 Å². The van der Waals surface area contributed by atoms with E-state index < -0.39 is 17.6 Å². The van der Waals surface area contributed by atoms with Gasteiger partial charge >= 0.3 is 0 Å². The average molecular weight is 420 g/mol. The van der Waals surface area contributed by atoms with E-state index in [2.05, 4.69) is 10.6 Å². The lowest BCUT2D eigenvalue weighted by Crippen LogP contribution is -2.61. The van der Waals surface area contributed by atoms with E-state index >= 15 is 0 Å². The molecule has 2 aliphatic rings. The summed E-state index contributed by atoms with van der Waals surface area (Å²) in [5, 5.41) is 24.4. The molecule has 1 aromatic rings. The number of carboxylic acid groups (broad SMARTS) is 1. The number of nitrogens with one attached hydrogen (secondary N) is 2. The second-order valence-corrected chi connectivity index (χ2v) is 7.82. The molecule has 0 unspecified atom stereocenters. The van der Waals surface area contributed by atoms with Gasteiger partial charge in [0, 0.05) is 39.4 Å². The molecular formula is C22H33N3O5. The highest BCUT2D eigenvalue weighted by molar-refractivity contribution is 5.80. The third-order valence-corrected chi connectivity index (χ3v) is 5.53. The van der Waals surface area contributed by atoms with Crippen LogP contribution in [0.1, 0.15) is 51.0 Å². The lowest BCUT2D eigenvalue weighted by molar-refractivity contribution is -0.134. The number of rotatable bonds is 5. The molecule has 3 rings (SSSR count). The molecule has 30 heavy (non-hydrogen) atoms. The van der Waals surface area contributed by atoms with Crippen molar-refractivity contribution in [2.75, 3.05) is 26.2 Å². The van der Waals surface area contributed by atoms with Crippen LogP contribution >= 0.6 is 0 Å². The number of likely N-dealkylation sites (tertiary alicyclic amines) is 1. The number of aliphatic carboxylic acids is 1. The Balaban J connectivity index is 0.000000735. The number of carboxylic acids is 1. The molecule has 0 bridgehead atoms. The number of hydrogen-bond donors (Lipinski definition) is 4. The number of piperidine rings is 1. The van der Waals surface area contributed by atoms with E-state index in [1.54, 1.807) is 4.90 Å². The van der Waals surface area contributed by atoms with Crippen molar-refractivity contribution >= 4 is 17.8 Å². The van der Waals surface area contributed by atoms with Crippen LogP contribution in [0.2, 0.25) is 0 Å². The van der Waals surface area contributed by atoms with Crippen molar-refractivity contribution in [3.05, 3.63) is 35.9 Å². The van der Waals surface area contributed by atoms with E-state index in [9.17, 15) is 14.7 Å². The smallest absolute Gasteiger partial charge is 0.300 e. The predicted molar refractivity (Wildman–Crippen MR) is 113 cm³/mol. The van der Waals surface area contributed by atoms with Gasteiger partial charge in [0.1, 0.15) is 0 Å². The number of benzene rings is 1. The van der Waals surface area contributed by atoms with E-state index in [4.69, 9.17) is 9.90 Å². The molecule has 0 aromatic heterocycles. The molecule has 0 saturated carbocycles. The van der Waals surface area contributed by atoms with Gasteiger partial charge in [0.15, 0.2) is 0 Å². The fraction of sp³-hybridized carbons (Fsp3) is 0.591. The third kappa shape index (κ3) is 6.81. The Morgan fingerprint density at radius 2 is 1.93 bits per heavy atom. The molecule has 166 valence electrons. The molecule has 2 saturated heterocycles. The van der Waals surface area contributed by atoms with Crippen molar-refractivity contribution in [1.82, 2.24) is 15.5 Å². The number of hydrogen-bond acceptors (Lipinski definition) is 5. The zero-order valence-corrected chi connectivity index (χ0v) is 17.6. The molecule has 0 radical (unpaired) electrons. The Hall–Kier alpha value is -2.45. The van der Waals surface area contributed by atoms with Crippen LogP contribution in [0, 0.1) is 0 Å². The minimum absolute atomic E-state index is 0.119. The first-order valence-corrected chi connectivity index (χ1v) is 10.6. The maximum absolute atomic E-state index is 12.7. The van der Waals surface area contributed by atoms with Gasteiger partial charge in [-0.1, -0.05) is 36.8 Å². The van der Waals surface area contributed by atoms with Gasteiger partial charge in [-0.15, -0.1) is 0 Å². The highest BCUT2D eigenvalue weighted by atomic mass is 16.4. The standard InChI is InChI=1S/C20H29N3O3.C2H4O2/c24-17-15-21-12-11-20(17,16-7-3-1-4-8-16)22-18(25)10-14-23-13-6-2-5-9-19(23)26;1-2(3)4/h1,3-4,7-8,17,21,24H,2,5-6,9-15H2,(H,22,25);1H3,(H,3,4)/t17-,20-;/m1./s1. The Morgan fingerprint density at radius 1 is 1.23 bits per heavy atom. The first kappa shape index (κ1) is 23.8. The Kier molecular flexibility index (Phi) is 9.26. The molecule has 2 heterocycles. The molecule has 4 N–H and O–H groups in total. The Bertz CT molecular complexity index is 708. The fourth-order valence-corrected chi connectivity index (χ4v) is 3.98. The molecule has 0 aliphatic carbocycles. The number of β-amino-alcohol motifs (C(OH)–C–C–N with tert-alkyl or cyclic N) is 1. The maximum Gasteiger partial charge on any atom is 0.300 e. The molecule has 2 fully saturated rings. The zero-order chi connectivity index (χ0) is 22.0. The molecule has 0 spiro atoms. The normalized spacial score (nSPS) is 24.3. The van der Waals surface area contributed by atoms with Crippen LogP contribution in [0.15, 0.2) is 30.3 Å². The molecule has 1 aromatic carbocycles. The monoisotopic (exact) mass is 419 g/mol. The van der Waals surface area contributed by atoms with Crippen LogP contribution in [0.5, 0.6) is 0 Å². The van der Waals surface area contributed by atoms with Crippen molar-refractivity contribution in [2.45, 2.75) is 57.1 Å². The van der Waals surface area contributed by atoms with Crippen LogP contribution in [0.4, 0.5) is 0 Å². The largest absolute Gasteiger partial charge is 0.481 e. The number of carbonyl (C=O) groups is 3. The summed E-state index contributed by atoms with van der Waals surface area (Å²) < 4.78 is 0. The summed E-state index contributed by atoms with van der Waals surface area (Å²) in [5.41, 5.74) is 0.153. The fourth-order valence-electron chi connectivity index (χ4n) is 3.98. The first-order valence-electron chi connectivity index (χ1n) is 10.6. The van der Waals surface area contributed by atoms with Gasteiger partial charge in [-0.2, -0.15) is 0 Å². The highest BCUT2D eigenvalue weighted by Gasteiger charge is 2.42.